The number of hydrogen-bond donors (Lipinski definition) is 1. The van der Waals surface area contributed by atoms with E-state index in [0.717, 1.165) is 31.9 Å². The SMILES string of the molecule is O=C(CCOc1ccc(Cl)cc1)N[C@H]1CC[C@H](N2CCN(c3cnc(C(F)F)cn3)C2=O)CC1. The molecule has 1 N–H and O–H groups in total. The maximum absolute atomic E-state index is 12.9. The Bertz CT molecular complexity index is 985. The van der Waals surface area contributed by atoms with Gasteiger partial charge in [-0.25, -0.2) is 23.5 Å². The third-order valence-corrected chi connectivity index (χ3v) is 6.37. The Morgan fingerprint density at radius 3 is 2.50 bits per heavy atom. The van der Waals surface area contributed by atoms with Crippen LogP contribution in [0.4, 0.5) is 19.4 Å². The summed E-state index contributed by atoms with van der Waals surface area (Å²) < 4.78 is 30.9. The molecule has 0 bridgehead atoms. The van der Waals surface area contributed by atoms with Gasteiger partial charge >= 0.3 is 6.03 Å². The smallest absolute Gasteiger partial charge is 0.326 e. The first-order valence-corrected chi connectivity index (χ1v) is 11.6. The minimum Gasteiger partial charge on any atom is -0.493 e. The van der Waals surface area contributed by atoms with E-state index in [0.29, 0.717) is 23.9 Å². The number of halogens is 3. The lowest BCUT2D eigenvalue weighted by atomic mass is 9.90. The molecule has 3 amide bonds. The number of nitrogens with one attached hydrogen (secondary N) is 1. The predicted octanol–water partition coefficient (Wildman–Crippen LogP) is 4.21. The third-order valence-electron chi connectivity index (χ3n) is 6.11. The van der Waals surface area contributed by atoms with Gasteiger partial charge in [0, 0.05) is 30.2 Å². The number of anilines is 1. The second-order valence-corrected chi connectivity index (χ2v) is 8.79. The summed E-state index contributed by atoms with van der Waals surface area (Å²) >= 11 is 5.84. The Morgan fingerprint density at radius 2 is 1.85 bits per heavy atom. The van der Waals surface area contributed by atoms with Crippen molar-refractivity contribution in [3.63, 3.8) is 0 Å². The summed E-state index contributed by atoms with van der Waals surface area (Å²) in [7, 11) is 0. The lowest BCUT2D eigenvalue weighted by molar-refractivity contribution is -0.122. The van der Waals surface area contributed by atoms with Crippen LogP contribution < -0.4 is 15.0 Å². The highest BCUT2D eigenvalue weighted by molar-refractivity contribution is 6.30. The molecule has 0 spiro atoms. The minimum absolute atomic E-state index is 0.0633. The monoisotopic (exact) mass is 493 g/mol. The first-order chi connectivity index (χ1) is 16.4. The molecule has 1 aliphatic heterocycles. The molecule has 2 heterocycles. The molecule has 0 unspecified atom stereocenters. The molecule has 34 heavy (non-hydrogen) atoms. The topological polar surface area (TPSA) is 87.7 Å². The number of benzene rings is 1. The van der Waals surface area contributed by atoms with Gasteiger partial charge in [-0.3, -0.25) is 9.69 Å². The lowest BCUT2D eigenvalue weighted by Crippen LogP contribution is -2.45. The average Bonchev–Trinajstić information content (AvgIpc) is 3.22. The van der Waals surface area contributed by atoms with Crippen LogP contribution in [0.5, 0.6) is 5.75 Å². The highest BCUT2D eigenvalue weighted by atomic mass is 35.5. The molecule has 0 radical (unpaired) electrons. The molecule has 1 saturated heterocycles. The number of nitrogens with zero attached hydrogens (tertiary/aromatic N) is 4. The van der Waals surface area contributed by atoms with Crippen molar-refractivity contribution < 1.29 is 23.1 Å². The first-order valence-electron chi connectivity index (χ1n) is 11.3. The Morgan fingerprint density at radius 1 is 1.12 bits per heavy atom. The van der Waals surface area contributed by atoms with Gasteiger partial charge in [-0.2, -0.15) is 0 Å². The fourth-order valence-corrected chi connectivity index (χ4v) is 4.44. The van der Waals surface area contributed by atoms with Crippen LogP contribution in [-0.4, -0.2) is 58.6 Å². The molecular formula is C23H26ClF2N5O3. The number of hydrogen-bond acceptors (Lipinski definition) is 5. The zero-order chi connectivity index (χ0) is 24.1. The van der Waals surface area contributed by atoms with Crippen molar-refractivity contribution in [1.82, 2.24) is 20.2 Å². The van der Waals surface area contributed by atoms with Gasteiger partial charge in [0.15, 0.2) is 5.82 Å². The molecular weight excluding hydrogens is 468 g/mol. The number of urea groups is 1. The summed E-state index contributed by atoms with van der Waals surface area (Å²) in [5, 5.41) is 3.68. The number of alkyl halides is 2. The number of carbonyl (C=O) groups excluding carboxylic acids is 2. The quantitative estimate of drug-likeness (QED) is 0.595. The van der Waals surface area contributed by atoms with Crippen molar-refractivity contribution in [2.75, 3.05) is 24.6 Å². The zero-order valence-electron chi connectivity index (χ0n) is 18.5. The maximum atomic E-state index is 12.9. The van der Waals surface area contributed by atoms with Gasteiger partial charge in [-0.1, -0.05) is 11.6 Å². The maximum Gasteiger partial charge on any atom is 0.326 e. The molecule has 1 aromatic heterocycles. The van der Waals surface area contributed by atoms with Crippen molar-refractivity contribution in [1.29, 1.82) is 0 Å². The largest absolute Gasteiger partial charge is 0.493 e. The normalized spacial score (nSPS) is 20.6. The number of amides is 3. The highest BCUT2D eigenvalue weighted by Gasteiger charge is 2.37. The molecule has 8 nitrogen and oxygen atoms in total. The number of ether oxygens (including phenoxy) is 1. The van der Waals surface area contributed by atoms with E-state index < -0.39 is 12.1 Å². The van der Waals surface area contributed by atoms with Crippen LogP contribution >= 0.6 is 11.6 Å². The van der Waals surface area contributed by atoms with E-state index in [1.165, 1.54) is 11.1 Å². The first kappa shape index (κ1) is 24.1. The van der Waals surface area contributed by atoms with E-state index in [-0.39, 0.29) is 42.9 Å². The van der Waals surface area contributed by atoms with Gasteiger partial charge in [-0.05, 0) is 49.9 Å². The van der Waals surface area contributed by atoms with E-state index in [9.17, 15) is 18.4 Å². The van der Waals surface area contributed by atoms with E-state index in [2.05, 4.69) is 15.3 Å². The van der Waals surface area contributed by atoms with Gasteiger partial charge in [0.2, 0.25) is 5.91 Å². The van der Waals surface area contributed by atoms with Gasteiger partial charge in [0.1, 0.15) is 11.4 Å². The summed E-state index contributed by atoms with van der Waals surface area (Å²) in [4.78, 5) is 36.1. The molecule has 1 aliphatic carbocycles. The Kier molecular flexibility index (Phi) is 7.77. The van der Waals surface area contributed by atoms with Crippen LogP contribution in [-0.2, 0) is 4.79 Å². The number of rotatable bonds is 8. The number of carbonyl (C=O) groups is 2. The van der Waals surface area contributed by atoms with Gasteiger partial charge in [-0.15, -0.1) is 0 Å². The fourth-order valence-electron chi connectivity index (χ4n) is 4.31. The van der Waals surface area contributed by atoms with Crippen molar-refractivity contribution in [3.05, 3.63) is 47.4 Å². The summed E-state index contributed by atoms with van der Waals surface area (Å²) in [6.07, 6.45) is 2.90. The highest BCUT2D eigenvalue weighted by Crippen LogP contribution is 2.28. The van der Waals surface area contributed by atoms with E-state index >= 15 is 0 Å². The average molecular weight is 494 g/mol. The number of aromatic nitrogens is 2. The van der Waals surface area contributed by atoms with E-state index in [4.69, 9.17) is 16.3 Å². The van der Waals surface area contributed by atoms with Crippen LogP contribution in [0.15, 0.2) is 36.7 Å². The van der Waals surface area contributed by atoms with Crippen LogP contribution in [0.2, 0.25) is 5.02 Å². The molecule has 11 heteroatoms. The van der Waals surface area contributed by atoms with Gasteiger partial charge in [0.05, 0.1) is 25.4 Å². The van der Waals surface area contributed by atoms with Crippen LogP contribution in [0.1, 0.15) is 44.2 Å². The van der Waals surface area contributed by atoms with Crippen LogP contribution in [0, 0.1) is 0 Å². The third kappa shape index (κ3) is 5.91. The van der Waals surface area contributed by atoms with E-state index in [1.54, 1.807) is 29.2 Å². The Hall–Kier alpha value is -3.01. The molecule has 2 fully saturated rings. The predicted molar refractivity (Wildman–Crippen MR) is 122 cm³/mol. The zero-order valence-corrected chi connectivity index (χ0v) is 19.3. The summed E-state index contributed by atoms with van der Waals surface area (Å²) in [5.41, 5.74) is -0.413. The summed E-state index contributed by atoms with van der Waals surface area (Å²) in [6, 6.07) is 6.94. The van der Waals surface area contributed by atoms with Gasteiger partial charge in [0.25, 0.3) is 6.43 Å². The minimum atomic E-state index is -2.70. The van der Waals surface area contributed by atoms with Crippen molar-refractivity contribution in [2.45, 2.75) is 50.6 Å². The van der Waals surface area contributed by atoms with Crippen LogP contribution in [0.25, 0.3) is 0 Å². The van der Waals surface area contributed by atoms with E-state index in [1.807, 2.05) is 0 Å². The molecule has 4 rings (SSSR count). The Labute approximate surface area is 201 Å². The molecule has 1 aromatic carbocycles. The molecule has 2 aliphatic rings. The molecule has 1 saturated carbocycles. The standard InChI is InChI=1S/C23H26ClF2N5O3/c24-15-1-7-18(8-2-15)34-12-9-21(32)29-16-3-5-17(6-4-16)30-10-11-31(23(30)33)20-14-27-19(13-28-20)22(25)26/h1-2,7-8,13-14,16-17,22H,3-6,9-12H2,(H,29,32)/t16-,17-. The summed E-state index contributed by atoms with van der Waals surface area (Å²) in [6.45, 7) is 1.26. The van der Waals surface area contributed by atoms with Crippen molar-refractivity contribution >= 4 is 29.4 Å². The molecule has 0 atom stereocenters. The summed E-state index contributed by atoms with van der Waals surface area (Å²) in [5.74, 6) is 0.878. The van der Waals surface area contributed by atoms with Crippen LogP contribution in [0.3, 0.4) is 0 Å². The Balaban J connectivity index is 1.19. The fraction of sp³-hybridized carbons (Fsp3) is 0.478. The molecule has 182 valence electrons. The second kappa shape index (κ2) is 10.9. The molecule has 2 aromatic rings. The van der Waals surface area contributed by atoms with Gasteiger partial charge < -0.3 is 15.0 Å². The second-order valence-electron chi connectivity index (χ2n) is 8.35. The van der Waals surface area contributed by atoms with Crippen molar-refractivity contribution in [2.24, 2.45) is 0 Å². The lowest BCUT2D eigenvalue weighted by Gasteiger charge is -2.34. The van der Waals surface area contributed by atoms with Crippen molar-refractivity contribution in [3.8, 4) is 5.75 Å².